The van der Waals surface area contributed by atoms with Crippen LogP contribution in [0.15, 0.2) is 18.2 Å². The van der Waals surface area contributed by atoms with Gasteiger partial charge in [-0.2, -0.15) is 0 Å². The minimum Gasteiger partial charge on any atom is -0.497 e. The van der Waals surface area contributed by atoms with Crippen LogP contribution in [0.3, 0.4) is 0 Å². The monoisotopic (exact) mass is 227 g/mol. The third kappa shape index (κ3) is 2.02. The molecular formula is C14H18BNO. The highest BCUT2D eigenvalue weighted by Gasteiger charge is 2.11. The summed E-state index contributed by atoms with van der Waals surface area (Å²) in [6.07, 6.45) is 0. The zero-order valence-corrected chi connectivity index (χ0v) is 11.2. The highest BCUT2D eigenvalue weighted by molar-refractivity contribution is 6.40. The number of fused-ring (bicyclic) bond motifs is 1. The zero-order chi connectivity index (χ0) is 12.6. The molecule has 1 heterocycles. The predicted molar refractivity (Wildman–Crippen MR) is 75.3 cm³/mol. The highest BCUT2D eigenvalue weighted by Crippen LogP contribution is 2.25. The Bertz CT molecular complexity index is 564. The molecule has 3 heteroatoms. The fraction of sp³-hybridized carbons (Fsp3) is 0.357. The molecule has 17 heavy (non-hydrogen) atoms. The van der Waals surface area contributed by atoms with Gasteiger partial charge < -0.3 is 4.74 Å². The van der Waals surface area contributed by atoms with Crippen LogP contribution < -0.4 is 10.2 Å². The number of ether oxygens (including phenoxy) is 1. The summed E-state index contributed by atoms with van der Waals surface area (Å²) < 4.78 is 5.37. The Morgan fingerprint density at radius 3 is 2.53 bits per heavy atom. The second kappa shape index (κ2) is 4.40. The van der Waals surface area contributed by atoms with Crippen LogP contribution in [0.4, 0.5) is 0 Å². The second-order valence-corrected chi connectivity index (χ2v) is 4.79. The lowest BCUT2D eigenvalue weighted by molar-refractivity contribution is 0.418. The van der Waals surface area contributed by atoms with Gasteiger partial charge in [-0.05, 0) is 41.9 Å². The summed E-state index contributed by atoms with van der Waals surface area (Å²) >= 11 is 0. The molecule has 1 aromatic heterocycles. The van der Waals surface area contributed by atoms with Gasteiger partial charge in [0.25, 0.3) is 0 Å². The van der Waals surface area contributed by atoms with E-state index >= 15 is 0 Å². The average molecular weight is 227 g/mol. The van der Waals surface area contributed by atoms with Crippen LogP contribution in [0.5, 0.6) is 5.75 Å². The number of hydrogen-bond acceptors (Lipinski definition) is 2. The van der Waals surface area contributed by atoms with Crippen molar-refractivity contribution < 1.29 is 4.74 Å². The van der Waals surface area contributed by atoms with Crippen molar-refractivity contribution in [3.63, 3.8) is 0 Å². The number of hydrogen-bond donors (Lipinski definition) is 0. The molecule has 0 aliphatic heterocycles. The van der Waals surface area contributed by atoms with Gasteiger partial charge in [-0.15, -0.1) is 0 Å². The van der Waals surface area contributed by atoms with Crippen LogP contribution >= 0.6 is 0 Å². The van der Waals surface area contributed by atoms with E-state index in [1.165, 1.54) is 21.9 Å². The number of benzene rings is 1. The third-order valence-corrected chi connectivity index (χ3v) is 3.16. The molecule has 0 N–H and O–H groups in total. The molecule has 0 fully saturated rings. The van der Waals surface area contributed by atoms with Gasteiger partial charge in [-0.1, -0.05) is 13.8 Å². The van der Waals surface area contributed by atoms with Gasteiger partial charge >= 0.3 is 0 Å². The lowest BCUT2D eigenvalue weighted by Gasteiger charge is -2.14. The molecule has 2 rings (SSSR count). The molecular weight excluding hydrogens is 209 g/mol. The molecule has 0 bridgehead atoms. The van der Waals surface area contributed by atoms with Crippen molar-refractivity contribution in [3.05, 3.63) is 29.6 Å². The lowest BCUT2D eigenvalue weighted by atomic mass is 9.87. The number of pyridine rings is 1. The van der Waals surface area contributed by atoms with Crippen molar-refractivity contribution in [1.82, 2.24) is 4.98 Å². The van der Waals surface area contributed by atoms with E-state index in [0.717, 1.165) is 11.4 Å². The van der Waals surface area contributed by atoms with E-state index in [4.69, 9.17) is 4.74 Å². The van der Waals surface area contributed by atoms with Crippen molar-refractivity contribution >= 4 is 24.1 Å². The Labute approximate surface area is 103 Å². The average Bonchev–Trinajstić information content (AvgIpc) is 2.29. The van der Waals surface area contributed by atoms with E-state index in [1.807, 2.05) is 13.0 Å². The molecule has 0 atom stereocenters. The van der Waals surface area contributed by atoms with Crippen LogP contribution in [-0.2, 0) is 0 Å². The third-order valence-electron chi connectivity index (χ3n) is 3.16. The molecule has 0 saturated heterocycles. The lowest BCUT2D eigenvalue weighted by Crippen LogP contribution is -2.10. The van der Waals surface area contributed by atoms with Crippen LogP contribution in [0.2, 0.25) is 0 Å². The molecule has 2 aromatic rings. The first-order chi connectivity index (χ1) is 8.04. The Morgan fingerprint density at radius 1 is 1.24 bits per heavy atom. The minimum atomic E-state index is 0.435. The topological polar surface area (TPSA) is 22.1 Å². The first-order valence-electron chi connectivity index (χ1n) is 5.99. The van der Waals surface area contributed by atoms with E-state index in [0.29, 0.717) is 5.92 Å². The van der Waals surface area contributed by atoms with Gasteiger partial charge in [0.2, 0.25) is 0 Å². The van der Waals surface area contributed by atoms with E-state index in [9.17, 15) is 0 Å². The summed E-state index contributed by atoms with van der Waals surface area (Å²) in [5.74, 6) is 1.38. The SMILES string of the molecule is Bc1c(OC)ccc2c(C(C)C)nc(C)cc12. The normalized spacial score (nSPS) is 11.1. The predicted octanol–water partition coefficient (Wildman–Crippen LogP) is 1.93. The van der Waals surface area contributed by atoms with Gasteiger partial charge in [-0.25, -0.2) is 0 Å². The quantitative estimate of drug-likeness (QED) is 0.731. The summed E-state index contributed by atoms with van der Waals surface area (Å²) in [6, 6.07) is 6.28. The first-order valence-corrected chi connectivity index (χ1v) is 5.99. The molecule has 1 aromatic carbocycles. The Balaban J connectivity index is 2.84. The molecule has 0 aliphatic carbocycles. The standard InChI is InChI=1S/C14H18BNO/c1-8(2)14-10-5-6-12(17-4)13(15)11(10)7-9(3)16-14/h5-8H,15H2,1-4H3. The molecule has 0 amide bonds. The molecule has 2 nitrogen and oxygen atoms in total. The number of aryl methyl sites for hydroxylation is 1. The number of rotatable bonds is 2. The number of aromatic nitrogens is 1. The molecule has 88 valence electrons. The summed E-state index contributed by atoms with van der Waals surface area (Å²) in [4.78, 5) is 4.66. The van der Waals surface area contributed by atoms with Crippen LogP contribution in [0.25, 0.3) is 10.8 Å². The van der Waals surface area contributed by atoms with Crippen LogP contribution in [0.1, 0.15) is 31.2 Å². The van der Waals surface area contributed by atoms with Crippen LogP contribution in [-0.4, -0.2) is 19.9 Å². The number of methoxy groups -OCH3 is 1. The van der Waals surface area contributed by atoms with Gasteiger partial charge in [0.1, 0.15) is 13.6 Å². The molecule has 0 radical (unpaired) electrons. The minimum absolute atomic E-state index is 0.435. The Hall–Kier alpha value is -1.51. The first kappa shape index (κ1) is 12.0. The van der Waals surface area contributed by atoms with Crippen molar-refractivity contribution in [3.8, 4) is 5.75 Å². The van der Waals surface area contributed by atoms with Crippen molar-refractivity contribution in [1.29, 1.82) is 0 Å². The van der Waals surface area contributed by atoms with E-state index < -0.39 is 0 Å². The van der Waals surface area contributed by atoms with Gasteiger partial charge in [0.15, 0.2) is 0 Å². The molecule has 0 spiro atoms. The summed E-state index contributed by atoms with van der Waals surface area (Å²) in [5.41, 5.74) is 3.43. The molecule has 0 aliphatic rings. The van der Waals surface area contributed by atoms with E-state index in [-0.39, 0.29) is 0 Å². The fourth-order valence-electron chi connectivity index (χ4n) is 2.27. The van der Waals surface area contributed by atoms with Gasteiger partial charge in [0.05, 0.1) is 12.8 Å². The highest BCUT2D eigenvalue weighted by atomic mass is 16.5. The molecule has 0 saturated carbocycles. The zero-order valence-electron chi connectivity index (χ0n) is 11.2. The largest absolute Gasteiger partial charge is 0.497 e. The number of nitrogens with zero attached hydrogens (tertiary/aromatic N) is 1. The van der Waals surface area contributed by atoms with Gasteiger partial charge in [-0.3, -0.25) is 4.98 Å². The second-order valence-electron chi connectivity index (χ2n) is 4.79. The Kier molecular flexibility index (Phi) is 3.10. The van der Waals surface area contributed by atoms with Crippen molar-refractivity contribution in [2.45, 2.75) is 26.7 Å². The summed E-state index contributed by atoms with van der Waals surface area (Å²) in [7, 11) is 3.82. The smallest absolute Gasteiger partial charge is 0.145 e. The van der Waals surface area contributed by atoms with Gasteiger partial charge in [0, 0.05) is 11.1 Å². The Morgan fingerprint density at radius 2 is 1.94 bits per heavy atom. The summed E-state index contributed by atoms with van der Waals surface area (Å²) in [5, 5.41) is 2.49. The van der Waals surface area contributed by atoms with Crippen molar-refractivity contribution in [2.75, 3.05) is 7.11 Å². The van der Waals surface area contributed by atoms with Crippen molar-refractivity contribution in [2.24, 2.45) is 0 Å². The maximum atomic E-state index is 5.37. The maximum absolute atomic E-state index is 5.37. The van der Waals surface area contributed by atoms with Crippen LogP contribution in [0, 0.1) is 6.92 Å². The summed E-state index contributed by atoms with van der Waals surface area (Å²) in [6.45, 7) is 6.41. The van der Waals surface area contributed by atoms with E-state index in [2.05, 4.69) is 38.8 Å². The van der Waals surface area contributed by atoms with E-state index in [1.54, 1.807) is 7.11 Å². The molecule has 0 unspecified atom stereocenters. The maximum Gasteiger partial charge on any atom is 0.145 e. The fourth-order valence-corrected chi connectivity index (χ4v) is 2.27.